The van der Waals surface area contributed by atoms with Crippen LogP contribution in [0.3, 0.4) is 0 Å². The predicted molar refractivity (Wildman–Crippen MR) is 172 cm³/mol. The second-order valence-corrected chi connectivity index (χ2v) is 10.6. The monoisotopic (exact) mass is 672 g/mol. The standard InChI is InChI=1S/C36H39F3O9/c1-25(22-40)34(42)46-17-15-44-31-19-32(45-16-18-47-35(43)26(2)23-41)21-33(20-31)48-24-28-8-12-30(13-9-28)29-10-6-27(7-11-29)5-3-4-14-36(37,38)39/h6-13,19-21,40-41H,1-5,14-18,22-24H2. The van der Waals surface area contributed by atoms with Crippen molar-refractivity contribution in [3.63, 3.8) is 0 Å². The fraction of sp³-hybridized carbons (Fsp3) is 0.333. The normalized spacial score (nSPS) is 11.0. The maximum atomic E-state index is 12.4. The first-order valence-electron chi connectivity index (χ1n) is 15.2. The highest BCUT2D eigenvalue weighted by Gasteiger charge is 2.25. The van der Waals surface area contributed by atoms with Crippen molar-refractivity contribution in [2.24, 2.45) is 0 Å². The summed E-state index contributed by atoms with van der Waals surface area (Å²) in [7, 11) is 0. The Kier molecular flexibility index (Phi) is 15.0. The highest BCUT2D eigenvalue weighted by molar-refractivity contribution is 5.88. The third-order valence-corrected chi connectivity index (χ3v) is 6.81. The molecule has 0 heterocycles. The molecule has 0 amide bonds. The summed E-state index contributed by atoms with van der Waals surface area (Å²) in [5.41, 5.74) is 3.66. The molecule has 0 saturated heterocycles. The molecule has 3 aromatic carbocycles. The molecule has 0 unspecified atom stereocenters. The first kappa shape index (κ1) is 37.6. The van der Waals surface area contributed by atoms with Crippen LogP contribution in [0.4, 0.5) is 13.2 Å². The van der Waals surface area contributed by atoms with Gasteiger partial charge in [0.25, 0.3) is 0 Å². The number of alkyl halides is 3. The van der Waals surface area contributed by atoms with Crippen molar-refractivity contribution in [3.8, 4) is 28.4 Å². The smallest absolute Gasteiger partial charge is 0.389 e. The topological polar surface area (TPSA) is 121 Å². The molecule has 0 aromatic heterocycles. The van der Waals surface area contributed by atoms with Gasteiger partial charge in [0, 0.05) is 24.6 Å². The van der Waals surface area contributed by atoms with Crippen LogP contribution in [-0.4, -0.2) is 68.0 Å². The number of unbranched alkanes of at least 4 members (excludes halogenated alkanes) is 1. The largest absolute Gasteiger partial charge is 0.490 e. The van der Waals surface area contributed by atoms with E-state index < -0.39 is 37.7 Å². The Bertz CT molecular complexity index is 1450. The Balaban J connectivity index is 1.58. The molecule has 2 N–H and O–H groups in total. The molecule has 3 rings (SSSR count). The molecule has 0 fully saturated rings. The molecule has 3 aromatic rings. The van der Waals surface area contributed by atoms with Crippen LogP contribution < -0.4 is 14.2 Å². The number of hydrogen-bond acceptors (Lipinski definition) is 9. The van der Waals surface area contributed by atoms with E-state index in [1.165, 1.54) is 0 Å². The molecule has 9 nitrogen and oxygen atoms in total. The molecule has 258 valence electrons. The molecule has 0 aliphatic carbocycles. The van der Waals surface area contributed by atoms with Gasteiger partial charge in [-0.15, -0.1) is 0 Å². The van der Waals surface area contributed by atoms with Crippen molar-refractivity contribution in [2.45, 2.75) is 38.5 Å². The minimum absolute atomic E-state index is 0.00523. The summed E-state index contributed by atoms with van der Waals surface area (Å²) in [5.74, 6) is -0.355. The Hall–Kier alpha value is -4.81. The van der Waals surface area contributed by atoms with E-state index in [2.05, 4.69) is 13.2 Å². The fourth-order valence-electron chi connectivity index (χ4n) is 4.20. The summed E-state index contributed by atoms with van der Waals surface area (Å²) < 4.78 is 64.5. The third kappa shape index (κ3) is 13.5. The number of ether oxygens (including phenoxy) is 5. The van der Waals surface area contributed by atoms with E-state index in [0.29, 0.717) is 30.1 Å². The third-order valence-electron chi connectivity index (χ3n) is 6.81. The summed E-state index contributed by atoms with van der Waals surface area (Å²) >= 11 is 0. The minimum atomic E-state index is -4.12. The van der Waals surface area contributed by atoms with Gasteiger partial charge in [-0.05, 0) is 41.5 Å². The van der Waals surface area contributed by atoms with Gasteiger partial charge in [0.15, 0.2) is 0 Å². The lowest BCUT2D eigenvalue weighted by Crippen LogP contribution is -2.15. The summed E-state index contributed by atoms with van der Waals surface area (Å²) in [4.78, 5) is 23.4. The van der Waals surface area contributed by atoms with Crippen molar-refractivity contribution >= 4 is 11.9 Å². The number of halogens is 3. The van der Waals surface area contributed by atoms with E-state index in [0.717, 1.165) is 22.3 Å². The second-order valence-electron chi connectivity index (χ2n) is 10.6. The number of carbonyl (C=O) groups is 2. The van der Waals surface area contributed by atoms with Crippen LogP contribution in [0, 0.1) is 0 Å². The summed E-state index contributed by atoms with van der Waals surface area (Å²) in [6.45, 7) is 5.79. The zero-order chi connectivity index (χ0) is 34.9. The van der Waals surface area contributed by atoms with Gasteiger partial charge in [0.05, 0.1) is 24.4 Å². The number of rotatable bonds is 20. The van der Waals surface area contributed by atoms with E-state index in [4.69, 9.17) is 33.9 Å². The average molecular weight is 673 g/mol. The van der Waals surface area contributed by atoms with E-state index in [1.807, 2.05) is 48.5 Å². The van der Waals surface area contributed by atoms with Crippen LogP contribution in [0.5, 0.6) is 17.2 Å². The van der Waals surface area contributed by atoms with E-state index in [-0.39, 0.29) is 50.6 Å². The van der Waals surface area contributed by atoms with Gasteiger partial charge in [0.2, 0.25) is 0 Å². The molecule has 0 atom stereocenters. The molecule has 0 bridgehead atoms. The predicted octanol–water partition coefficient (Wildman–Crippen LogP) is 6.15. The van der Waals surface area contributed by atoms with Crippen LogP contribution >= 0.6 is 0 Å². The van der Waals surface area contributed by atoms with Crippen LogP contribution in [0.15, 0.2) is 91.0 Å². The van der Waals surface area contributed by atoms with Crippen LogP contribution in [0.2, 0.25) is 0 Å². The first-order valence-corrected chi connectivity index (χ1v) is 15.2. The summed E-state index contributed by atoms with van der Waals surface area (Å²) in [6.07, 6.45) is -3.70. The lowest BCUT2D eigenvalue weighted by molar-refractivity contribution is -0.141. The SMILES string of the molecule is C=C(CO)C(=O)OCCOc1cc(OCCOC(=O)C(=C)CO)cc(OCc2ccc(-c3ccc(CCCCC(F)(F)F)cc3)cc2)c1. The fourth-order valence-corrected chi connectivity index (χ4v) is 4.20. The van der Waals surface area contributed by atoms with E-state index >= 15 is 0 Å². The van der Waals surface area contributed by atoms with Crippen molar-refractivity contribution in [2.75, 3.05) is 39.6 Å². The quantitative estimate of drug-likeness (QED) is 0.0828. The molecule has 12 heteroatoms. The molecular formula is C36H39F3O9. The number of carbonyl (C=O) groups excluding carboxylic acids is 2. The Morgan fingerprint density at radius 2 is 1.06 bits per heavy atom. The number of aliphatic hydroxyl groups excluding tert-OH is 2. The molecular weight excluding hydrogens is 633 g/mol. The molecule has 0 aliphatic rings. The van der Waals surface area contributed by atoms with Crippen LogP contribution in [0.1, 0.15) is 30.4 Å². The van der Waals surface area contributed by atoms with Gasteiger partial charge in [-0.3, -0.25) is 0 Å². The van der Waals surface area contributed by atoms with Crippen LogP contribution in [0.25, 0.3) is 11.1 Å². The Labute approximate surface area is 277 Å². The van der Waals surface area contributed by atoms with Gasteiger partial charge in [-0.1, -0.05) is 61.7 Å². The molecule has 0 saturated carbocycles. The zero-order valence-corrected chi connectivity index (χ0v) is 26.4. The van der Waals surface area contributed by atoms with Crippen molar-refractivity contribution < 1.29 is 56.7 Å². The zero-order valence-electron chi connectivity index (χ0n) is 26.4. The Morgan fingerprint density at radius 1 is 0.625 bits per heavy atom. The average Bonchev–Trinajstić information content (AvgIpc) is 3.08. The number of aliphatic hydroxyl groups is 2. The summed E-state index contributed by atoms with van der Waals surface area (Å²) in [6, 6.07) is 20.3. The lowest BCUT2D eigenvalue weighted by Gasteiger charge is -2.14. The lowest BCUT2D eigenvalue weighted by atomic mass is 10.0. The van der Waals surface area contributed by atoms with E-state index in [1.54, 1.807) is 18.2 Å². The van der Waals surface area contributed by atoms with Gasteiger partial charge in [-0.25, -0.2) is 9.59 Å². The molecule has 0 radical (unpaired) electrons. The molecule has 0 aliphatic heterocycles. The van der Waals surface area contributed by atoms with Gasteiger partial charge >= 0.3 is 18.1 Å². The van der Waals surface area contributed by atoms with Gasteiger partial charge in [0.1, 0.15) is 50.3 Å². The molecule has 48 heavy (non-hydrogen) atoms. The van der Waals surface area contributed by atoms with Gasteiger partial charge < -0.3 is 33.9 Å². The number of esters is 2. The first-order chi connectivity index (χ1) is 23.0. The van der Waals surface area contributed by atoms with E-state index in [9.17, 15) is 22.8 Å². The number of aryl methyl sites for hydroxylation is 1. The second kappa shape index (κ2) is 19.1. The van der Waals surface area contributed by atoms with Gasteiger partial charge in [-0.2, -0.15) is 13.2 Å². The maximum Gasteiger partial charge on any atom is 0.389 e. The highest BCUT2D eigenvalue weighted by Crippen LogP contribution is 2.29. The minimum Gasteiger partial charge on any atom is -0.490 e. The van der Waals surface area contributed by atoms with Crippen molar-refractivity contribution in [1.29, 1.82) is 0 Å². The number of benzene rings is 3. The maximum absolute atomic E-state index is 12.4. The van der Waals surface area contributed by atoms with Crippen LogP contribution in [-0.2, 0) is 32.1 Å². The summed E-state index contributed by atoms with van der Waals surface area (Å²) in [5, 5.41) is 18.0. The van der Waals surface area contributed by atoms with Crippen molar-refractivity contribution in [1.82, 2.24) is 0 Å². The molecule has 0 spiro atoms. The Morgan fingerprint density at radius 3 is 1.50 bits per heavy atom. The van der Waals surface area contributed by atoms with Crippen molar-refractivity contribution in [3.05, 3.63) is 102 Å². The highest BCUT2D eigenvalue weighted by atomic mass is 19.4. The number of hydrogen-bond donors (Lipinski definition) is 2.